The zero-order valence-corrected chi connectivity index (χ0v) is 11.4. The fourth-order valence-corrected chi connectivity index (χ4v) is 4.30. The van der Waals surface area contributed by atoms with Gasteiger partial charge in [0.05, 0.1) is 16.9 Å². The van der Waals surface area contributed by atoms with E-state index >= 15 is 0 Å². The molecule has 2 aliphatic carbocycles. The van der Waals surface area contributed by atoms with Crippen molar-refractivity contribution in [2.45, 2.75) is 44.8 Å². The molecule has 2 aliphatic heterocycles. The Hall–Kier alpha value is -1.62. The Balaban J connectivity index is 2.00. The molecule has 4 rings (SSSR count). The van der Waals surface area contributed by atoms with E-state index in [0.717, 1.165) is 12.8 Å². The molecule has 5 heteroatoms. The third-order valence-corrected chi connectivity index (χ3v) is 5.58. The Morgan fingerprint density at radius 1 is 1.40 bits per heavy atom. The normalized spacial score (nSPS) is 45.6. The molecule has 20 heavy (non-hydrogen) atoms. The van der Waals surface area contributed by atoms with E-state index in [4.69, 9.17) is 9.47 Å². The number of carbonyl (C=O) groups is 2. The van der Waals surface area contributed by atoms with Gasteiger partial charge in [-0.05, 0) is 32.3 Å². The van der Waals surface area contributed by atoms with Gasteiger partial charge < -0.3 is 14.6 Å². The van der Waals surface area contributed by atoms with Gasteiger partial charge in [0.1, 0.15) is 11.9 Å². The Kier molecular flexibility index (Phi) is 2.03. The van der Waals surface area contributed by atoms with E-state index in [9.17, 15) is 14.7 Å². The molecule has 0 aromatic heterocycles. The van der Waals surface area contributed by atoms with E-state index in [1.54, 1.807) is 13.0 Å². The van der Waals surface area contributed by atoms with Crippen molar-refractivity contribution in [1.82, 2.24) is 0 Å². The van der Waals surface area contributed by atoms with Crippen LogP contribution in [-0.2, 0) is 19.1 Å². The van der Waals surface area contributed by atoms with Gasteiger partial charge in [0.25, 0.3) is 0 Å². The summed E-state index contributed by atoms with van der Waals surface area (Å²) in [5.41, 5.74) is -0.754. The fraction of sp³-hybridized carbons (Fsp3) is 0.600. The molecule has 0 aromatic rings. The minimum atomic E-state index is -1.16. The minimum Gasteiger partial charge on any atom is -0.456 e. The Bertz CT molecular complexity index is 616. The van der Waals surface area contributed by atoms with Crippen LogP contribution >= 0.6 is 0 Å². The first-order valence-electron chi connectivity index (χ1n) is 6.97. The van der Waals surface area contributed by atoms with Gasteiger partial charge >= 0.3 is 11.9 Å². The van der Waals surface area contributed by atoms with Crippen molar-refractivity contribution < 1.29 is 24.2 Å². The lowest BCUT2D eigenvalue weighted by molar-refractivity contribution is -0.143. The topological polar surface area (TPSA) is 72.8 Å². The molecule has 0 amide bonds. The van der Waals surface area contributed by atoms with Gasteiger partial charge in [0, 0.05) is 11.1 Å². The molecule has 2 heterocycles. The van der Waals surface area contributed by atoms with E-state index < -0.39 is 23.1 Å². The predicted molar refractivity (Wildman–Crippen MR) is 67.2 cm³/mol. The van der Waals surface area contributed by atoms with E-state index in [1.807, 2.05) is 6.92 Å². The third-order valence-electron chi connectivity index (χ3n) is 5.58. The average molecular weight is 276 g/mol. The molecule has 0 bridgehead atoms. The first-order valence-corrected chi connectivity index (χ1v) is 6.97. The highest BCUT2D eigenvalue weighted by Crippen LogP contribution is 2.62. The highest BCUT2D eigenvalue weighted by molar-refractivity contribution is 5.95. The molecule has 4 aliphatic rings. The van der Waals surface area contributed by atoms with Crippen LogP contribution in [0.2, 0.25) is 0 Å². The van der Waals surface area contributed by atoms with Crippen LogP contribution in [0.25, 0.3) is 0 Å². The van der Waals surface area contributed by atoms with Crippen LogP contribution in [0.1, 0.15) is 33.1 Å². The number of esters is 2. The minimum absolute atomic E-state index is 0.273. The first-order chi connectivity index (χ1) is 9.38. The second kappa shape index (κ2) is 3.34. The molecule has 0 spiro atoms. The van der Waals surface area contributed by atoms with E-state index in [0.29, 0.717) is 23.3 Å². The van der Waals surface area contributed by atoms with Crippen LogP contribution in [0.4, 0.5) is 0 Å². The molecule has 4 atom stereocenters. The monoisotopic (exact) mass is 276 g/mol. The Labute approximate surface area is 116 Å². The van der Waals surface area contributed by atoms with Crippen molar-refractivity contribution in [3.8, 4) is 0 Å². The van der Waals surface area contributed by atoms with Crippen LogP contribution in [0, 0.1) is 11.3 Å². The van der Waals surface area contributed by atoms with Crippen LogP contribution < -0.4 is 0 Å². The summed E-state index contributed by atoms with van der Waals surface area (Å²) in [6, 6.07) is 0. The van der Waals surface area contributed by atoms with E-state index in [2.05, 4.69) is 0 Å². The lowest BCUT2D eigenvalue weighted by Gasteiger charge is -2.51. The highest BCUT2D eigenvalue weighted by Gasteiger charge is 2.69. The summed E-state index contributed by atoms with van der Waals surface area (Å²) in [4.78, 5) is 23.9. The molecular weight excluding hydrogens is 260 g/mol. The van der Waals surface area contributed by atoms with Crippen LogP contribution in [0.5, 0.6) is 0 Å². The van der Waals surface area contributed by atoms with Crippen molar-refractivity contribution in [3.63, 3.8) is 0 Å². The van der Waals surface area contributed by atoms with Gasteiger partial charge in [-0.15, -0.1) is 0 Å². The van der Waals surface area contributed by atoms with Crippen molar-refractivity contribution >= 4 is 11.9 Å². The zero-order chi connectivity index (χ0) is 14.3. The molecule has 5 nitrogen and oxygen atoms in total. The standard InChI is InChI=1S/C15H16O5/c1-7-10-9(19-12(7)16)6-15(18)5-3-4-8-13(17)20-11(10)14(8,15)2/h6,8,11,18H,3-5H2,1-2H3/t8-,11+,14+,15-/m1/s1. The summed E-state index contributed by atoms with van der Waals surface area (Å²) in [7, 11) is 0. The summed E-state index contributed by atoms with van der Waals surface area (Å²) in [6.45, 7) is 3.57. The maximum Gasteiger partial charge on any atom is 0.339 e. The Morgan fingerprint density at radius 2 is 2.15 bits per heavy atom. The molecule has 0 aromatic carbocycles. The lowest BCUT2D eigenvalue weighted by Crippen LogP contribution is -2.58. The average Bonchev–Trinajstić information content (AvgIpc) is 2.78. The Morgan fingerprint density at radius 3 is 2.90 bits per heavy atom. The number of hydrogen-bond donors (Lipinski definition) is 1. The molecule has 106 valence electrons. The highest BCUT2D eigenvalue weighted by atomic mass is 16.6. The second-order valence-corrected chi connectivity index (χ2v) is 6.41. The number of hydrogen-bond acceptors (Lipinski definition) is 5. The van der Waals surface area contributed by atoms with Crippen molar-refractivity contribution in [2.24, 2.45) is 11.3 Å². The quantitative estimate of drug-likeness (QED) is 0.673. The number of aliphatic hydroxyl groups is 1. The molecule has 1 saturated heterocycles. The SMILES string of the molecule is CC1=C2C(=C[C@]3(O)CCC[C@@H]4C(=O)O[C@@H]2[C@]43C)OC1=O. The molecule has 1 saturated carbocycles. The van der Waals surface area contributed by atoms with E-state index in [-0.39, 0.29) is 11.9 Å². The van der Waals surface area contributed by atoms with Crippen molar-refractivity contribution in [2.75, 3.05) is 0 Å². The number of rotatable bonds is 0. The third kappa shape index (κ3) is 1.10. The van der Waals surface area contributed by atoms with Crippen LogP contribution in [0.3, 0.4) is 0 Å². The summed E-state index contributed by atoms with van der Waals surface area (Å²) in [6.07, 6.45) is 3.08. The van der Waals surface area contributed by atoms with Gasteiger partial charge in [-0.3, -0.25) is 4.79 Å². The predicted octanol–water partition coefficient (Wildman–Crippen LogP) is 1.22. The molecule has 2 fully saturated rings. The first kappa shape index (κ1) is 12.1. The van der Waals surface area contributed by atoms with E-state index in [1.165, 1.54) is 0 Å². The smallest absolute Gasteiger partial charge is 0.339 e. The summed E-state index contributed by atoms with van der Waals surface area (Å²) < 4.78 is 10.8. The fourth-order valence-electron chi connectivity index (χ4n) is 4.30. The zero-order valence-electron chi connectivity index (χ0n) is 11.4. The largest absolute Gasteiger partial charge is 0.456 e. The van der Waals surface area contributed by atoms with Gasteiger partial charge in [-0.25, -0.2) is 4.79 Å². The summed E-state index contributed by atoms with van der Waals surface area (Å²) in [5.74, 6) is -0.644. The maximum atomic E-state index is 12.2. The van der Waals surface area contributed by atoms with Gasteiger partial charge in [0.15, 0.2) is 0 Å². The molecule has 1 N–H and O–H groups in total. The van der Waals surface area contributed by atoms with Crippen molar-refractivity contribution in [3.05, 3.63) is 23.0 Å². The molecular formula is C15H16O5. The van der Waals surface area contributed by atoms with Crippen molar-refractivity contribution in [1.29, 1.82) is 0 Å². The van der Waals surface area contributed by atoms with Crippen LogP contribution in [0.15, 0.2) is 23.0 Å². The van der Waals surface area contributed by atoms with Gasteiger partial charge in [-0.2, -0.15) is 0 Å². The lowest BCUT2D eigenvalue weighted by atomic mass is 9.53. The second-order valence-electron chi connectivity index (χ2n) is 6.41. The number of ether oxygens (including phenoxy) is 2. The summed E-state index contributed by atoms with van der Waals surface area (Å²) >= 11 is 0. The maximum absolute atomic E-state index is 12.2. The molecule has 0 unspecified atom stereocenters. The van der Waals surface area contributed by atoms with Gasteiger partial charge in [0.2, 0.25) is 0 Å². The number of carbonyl (C=O) groups excluding carboxylic acids is 2. The molecule has 0 radical (unpaired) electrons. The van der Waals surface area contributed by atoms with Crippen LogP contribution in [-0.4, -0.2) is 28.8 Å². The summed E-state index contributed by atoms with van der Waals surface area (Å²) in [5, 5.41) is 11.0. The van der Waals surface area contributed by atoms with Gasteiger partial charge in [-0.1, -0.05) is 6.92 Å². The number of fused-ring (bicyclic) bond motifs is 2.